The molecule has 1 rings (SSSR count). The number of unbranched alkanes of at least 4 members (excludes halogenated alkanes) is 17. The van der Waals surface area contributed by atoms with Crippen molar-refractivity contribution in [3.8, 4) is 0 Å². The number of hydrogen-bond acceptors (Lipinski definition) is 3. The van der Waals surface area contributed by atoms with E-state index in [4.69, 9.17) is 9.47 Å². The highest BCUT2D eigenvalue weighted by atomic mass is 16.8. The molecule has 0 amide bonds. The van der Waals surface area contributed by atoms with Crippen LogP contribution in [0.4, 0.5) is 0 Å². The minimum absolute atomic E-state index is 0.0687. The van der Waals surface area contributed by atoms with Crippen LogP contribution in [-0.2, 0) is 14.3 Å². The summed E-state index contributed by atoms with van der Waals surface area (Å²) in [5.74, 6) is -0.0687. The van der Waals surface area contributed by atoms with Crippen LogP contribution in [0, 0.1) is 0 Å². The number of carbonyl (C=O) groups excluding carboxylic acids is 1. The fourth-order valence-corrected chi connectivity index (χ4v) is 4.04. The molecule has 3 nitrogen and oxygen atoms in total. The summed E-state index contributed by atoms with van der Waals surface area (Å²) in [6.45, 7) is 4.50. The lowest BCUT2D eigenvalue weighted by Crippen LogP contribution is -2.09. The van der Waals surface area contributed by atoms with Crippen molar-refractivity contribution < 1.29 is 14.3 Å². The van der Waals surface area contributed by atoms with E-state index in [1.165, 1.54) is 109 Å². The standard InChI is InChI=1S/C26H50O3/c1-3-5-7-9-10-11-12-13-14-15-16-17-18-19-21-23-25(27)29-26-24(28-26)22-20-8-6-4-2/h24,26H,3-23H2,1-2H3. The minimum Gasteiger partial charge on any atom is -0.433 e. The van der Waals surface area contributed by atoms with Crippen molar-refractivity contribution in [3.05, 3.63) is 0 Å². The molecule has 0 aromatic rings. The Labute approximate surface area is 181 Å². The van der Waals surface area contributed by atoms with Gasteiger partial charge in [-0.2, -0.15) is 0 Å². The zero-order valence-electron chi connectivity index (χ0n) is 19.7. The average Bonchev–Trinajstić information content (AvgIpc) is 3.45. The van der Waals surface area contributed by atoms with E-state index in [0.29, 0.717) is 6.42 Å². The van der Waals surface area contributed by atoms with E-state index < -0.39 is 0 Å². The van der Waals surface area contributed by atoms with Crippen LogP contribution >= 0.6 is 0 Å². The van der Waals surface area contributed by atoms with Crippen molar-refractivity contribution in [2.45, 2.75) is 161 Å². The Kier molecular flexibility index (Phi) is 17.7. The van der Waals surface area contributed by atoms with Crippen LogP contribution in [-0.4, -0.2) is 18.4 Å². The maximum Gasteiger partial charge on any atom is 0.308 e. The maximum absolute atomic E-state index is 11.8. The summed E-state index contributed by atoms with van der Waals surface area (Å²) in [6, 6.07) is 0. The fraction of sp³-hybridized carbons (Fsp3) is 0.962. The molecule has 29 heavy (non-hydrogen) atoms. The van der Waals surface area contributed by atoms with Crippen molar-refractivity contribution in [3.63, 3.8) is 0 Å². The van der Waals surface area contributed by atoms with Gasteiger partial charge in [-0.1, -0.05) is 129 Å². The first kappa shape index (κ1) is 26.5. The largest absolute Gasteiger partial charge is 0.433 e. The van der Waals surface area contributed by atoms with Gasteiger partial charge in [-0.25, -0.2) is 0 Å². The van der Waals surface area contributed by atoms with Gasteiger partial charge in [0.2, 0.25) is 6.29 Å². The van der Waals surface area contributed by atoms with E-state index in [1.807, 2.05) is 0 Å². The van der Waals surface area contributed by atoms with Crippen LogP contribution in [0.15, 0.2) is 0 Å². The van der Waals surface area contributed by atoms with Crippen LogP contribution < -0.4 is 0 Å². The quantitative estimate of drug-likeness (QED) is 0.102. The number of ether oxygens (including phenoxy) is 2. The molecule has 0 saturated carbocycles. The Hall–Kier alpha value is -0.570. The van der Waals surface area contributed by atoms with Crippen LogP contribution in [0.5, 0.6) is 0 Å². The van der Waals surface area contributed by atoms with Crippen molar-refractivity contribution in [2.24, 2.45) is 0 Å². The molecule has 1 aliphatic heterocycles. The number of hydrogen-bond donors (Lipinski definition) is 0. The van der Waals surface area contributed by atoms with E-state index >= 15 is 0 Å². The van der Waals surface area contributed by atoms with Gasteiger partial charge in [-0.3, -0.25) is 4.79 Å². The molecule has 3 heteroatoms. The molecular weight excluding hydrogens is 360 g/mol. The molecule has 0 spiro atoms. The lowest BCUT2D eigenvalue weighted by atomic mass is 10.0. The lowest BCUT2D eigenvalue weighted by molar-refractivity contribution is -0.148. The van der Waals surface area contributed by atoms with E-state index in [-0.39, 0.29) is 18.4 Å². The molecule has 1 aliphatic rings. The Bertz CT molecular complexity index is 369. The summed E-state index contributed by atoms with van der Waals surface area (Å²) in [5.41, 5.74) is 0. The Morgan fingerprint density at radius 3 is 1.52 bits per heavy atom. The average molecular weight is 411 g/mol. The van der Waals surface area contributed by atoms with Crippen LogP contribution in [0.25, 0.3) is 0 Å². The van der Waals surface area contributed by atoms with Crippen LogP contribution in [0.2, 0.25) is 0 Å². The highest BCUT2D eigenvalue weighted by Gasteiger charge is 2.41. The molecule has 1 saturated heterocycles. The van der Waals surface area contributed by atoms with Gasteiger partial charge < -0.3 is 9.47 Å². The van der Waals surface area contributed by atoms with Crippen molar-refractivity contribution in [1.29, 1.82) is 0 Å². The molecule has 1 heterocycles. The van der Waals surface area contributed by atoms with Gasteiger partial charge in [0.25, 0.3) is 0 Å². The molecule has 2 unspecified atom stereocenters. The third-order valence-corrected chi connectivity index (χ3v) is 6.11. The summed E-state index contributed by atoms with van der Waals surface area (Å²) in [4.78, 5) is 11.8. The summed E-state index contributed by atoms with van der Waals surface area (Å²) in [5, 5.41) is 0. The smallest absolute Gasteiger partial charge is 0.308 e. The van der Waals surface area contributed by atoms with Crippen molar-refractivity contribution >= 4 is 5.97 Å². The normalized spacial score (nSPS) is 18.1. The minimum atomic E-state index is -0.236. The number of epoxide rings is 1. The van der Waals surface area contributed by atoms with Gasteiger partial charge in [0.05, 0.1) is 0 Å². The van der Waals surface area contributed by atoms with Crippen LogP contribution in [0.3, 0.4) is 0 Å². The SMILES string of the molecule is CCCCCCCCCCCCCCCCCC(=O)OC1OC1CCCCCC. The first-order valence-corrected chi connectivity index (χ1v) is 13.1. The molecule has 0 radical (unpaired) electrons. The first-order valence-electron chi connectivity index (χ1n) is 13.1. The van der Waals surface area contributed by atoms with Crippen LogP contribution in [0.1, 0.15) is 149 Å². The van der Waals surface area contributed by atoms with Gasteiger partial charge in [0.15, 0.2) is 0 Å². The summed E-state index contributed by atoms with van der Waals surface area (Å²) in [7, 11) is 0. The lowest BCUT2D eigenvalue weighted by Gasteiger charge is -2.04. The Morgan fingerprint density at radius 1 is 0.621 bits per heavy atom. The molecule has 0 bridgehead atoms. The summed E-state index contributed by atoms with van der Waals surface area (Å²) in [6.07, 6.45) is 26.7. The number of esters is 1. The van der Waals surface area contributed by atoms with Crippen molar-refractivity contribution in [2.75, 3.05) is 0 Å². The highest BCUT2D eigenvalue weighted by Crippen LogP contribution is 2.29. The molecule has 0 aliphatic carbocycles. The molecule has 0 N–H and O–H groups in total. The zero-order valence-corrected chi connectivity index (χ0v) is 19.7. The monoisotopic (exact) mass is 410 g/mol. The van der Waals surface area contributed by atoms with E-state index in [0.717, 1.165) is 19.3 Å². The second-order valence-corrected chi connectivity index (χ2v) is 9.08. The maximum atomic E-state index is 11.8. The summed E-state index contributed by atoms with van der Waals surface area (Å²) < 4.78 is 10.8. The molecule has 0 aromatic heterocycles. The zero-order chi connectivity index (χ0) is 21.0. The number of rotatable bonds is 22. The van der Waals surface area contributed by atoms with E-state index in [1.54, 1.807) is 0 Å². The Morgan fingerprint density at radius 2 is 1.03 bits per heavy atom. The van der Waals surface area contributed by atoms with Gasteiger partial charge in [0, 0.05) is 6.42 Å². The van der Waals surface area contributed by atoms with E-state index in [2.05, 4.69) is 13.8 Å². The highest BCUT2D eigenvalue weighted by molar-refractivity contribution is 5.69. The van der Waals surface area contributed by atoms with Gasteiger partial charge in [-0.05, 0) is 12.8 Å². The van der Waals surface area contributed by atoms with Gasteiger partial charge in [0.1, 0.15) is 6.10 Å². The predicted molar refractivity (Wildman–Crippen MR) is 123 cm³/mol. The van der Waals surface area contributed by atoms with Gasteiger partial charge >= 0.3 is 5.97 Å². The first-order chi connectivity index (χ1) is 14.3. The number of carbonyl (C=O) groups is 1. The molecule has 2 atom stereocenters. The second kappa shape index (κ2) is 19.4. The van der Waals surface area contributed by atoms with E-state index in [9.17, 15) is 4.79 Å². The fourth-order valence-electron chi connectivity index (χ4n) is 4.04. The topological polar surface area (TPSA) is 38.8 Å². The molecule has 172 valence electrons. The predicted octanol–water partition coefficient (Wildman–Crippen LogP) is 8.49. The Balaban J connectivity index is 1.74. The molecular formula is C26H50O3. The molecule has 0 aromatic carbocycles. The molecule has 1 fully saturated rings. The third kappa shape index (κ3) is 16.9. The van der Waals surface area contributed by atoms with Gasteiger partial charge in [-0.15, -0.1) is 0 Å². The summed E-state index contributed by atoms with van der Waals surface area (Å²) >= 11 is 0. The van der Waals surface area contributed by atoms with Crippen molar-refractivity contribution in [1.82, 2.24) is 0 Å². The third-order valence-electron chi connectivity index (χ3n) is 6.11. The second-order valence-electron chi connectivity index (χ2n) is 9.08.